The summed E-state index contributed by atoms with van der Waals surface area (Å²) in [6.07, 6.45) is 2.66. The maximum atomic E-state index is 12.8. The number of amides is 1. The van der Waals surface area contributed by atoms with Crippen LogP contribution in [0.25, 0.3) is 11.0 Å². The number of carbonyl (C=O) groups is 1. The van der Waals surface area contributed by atoms with Crippen LogP contribution in [0.5, 0.6) is 0 Å². The predicted octanol–water partition coefficient (Wildman–Crippen LogP) is 4.40. The van der Waals surface area contributed by atoms with Gasteiger partial charge in [-0.05, 0) is 30.7 Å². The molecule has 0 spiro atoms. The normalized spacial score (nSPS) is 15.7. The molecule has 1 atom stereocenters. The number of nitrogens with zero attached hydrogens (tertiary/aromatic N) is 3. The zero-order valence-electron chi connectivity index (χ0n) is 16.5. The maximum Gasteiger partial charge on any atom is 0.253 e. The molecule has 0 saturated carbocycles. The summed E-state index contributed by atoms with van der Waals surface area (Å²) in [5.41, 5.74) is 7.84. The van der Waals surface area contributed by atoms with Gasteiger partial charge in [-0.3, -0.25) is 20.5 Å². The van der Waals surface area contributed by atoms with Crippen LogP contribution in [0.1, 0.15) is 16.8 Å². The molecule has 9 nitrogen and oxygen atoms in total. The number of hydrogen-bond acceptors (Lipinski definition) is 7. The minimum atomic E-state index is -0.312. The molecule has 1 aliphatic heterocycles. The van der Waals surface area contributed by atoms with E-state index in [1.165, 1.54) is 11.0 Å². The van der Waals surface area contributed by atoms with Gasteiger partial charge in [-0.1, -0.05) is 40.0 Å². The molecular weight excluding hydrogens is 477 g/mol. The van der Waals surface area contributed by atoms with E-state index in [2.05, 4.69) is 10.5 Å². The van der Waals surface area contributed by atoms with E-state index in [0.717, 1.165) is 12.7 Å². The molecule has 2 heterocycles. The van der Waals surface area contributed by atoms with Crippen molar-refractivity contribution in [3.8, 4) is 0 Å². The Morgan fingerprint density at radius 3 is 2.69 bits per heavy atom. The standard InChI is InChI=1S/C20H18Cl3N7O2/c21-13-5-11(30(8-24)9-25)1-2-12(13)20(31)27-10-3-4-29(7-10)15-6-14(22)17(23)16-18(15)32-28-19(16)26/h1-2,5-6,8-10,24-25H,3-4,7H2,(H2,26,28)(H,27,31). The molecule has 1 aliphatic rings. The third-order valence-electron chi connectivity index (χ3n) is 5.28. The number of nitrogen functional groups attached to an aromatic ring is 1. The van der Waals surface area contributed by atoms with Gasteiger partial charge in [-0.25, -0.2) is 0 Å². The number of nitrogens with two attached hydrogens (primary N) is 1. The van der Waals surface area contributed by atoms with E-state index in [9.17, 15) is 4.79 Å². The predicted molar refractivity (Wildman–Crippen MR) is 128 cm³/mol. The van der Waals surface area contributed by atoms with Gasteiger partial charge in [0.1, 0.15) is 0 Å². The molecule has 0 aliphatic carbocycles. The number of halogens is 3. The molecular formula is C20H18Cl3N7O2. The van der Waals surface area contributed by atoms with Crippen molar-refractivity contribution >= 4 is 81.5 Å². The van der Waals surface area contributed by atoms with Crippen molar-refractivity contribution in [2.75, 3.05) is 28.6 Å². The van der Waals surface area contributed by atoms with Crippen molar-refractivity contribution in [2.24, 2.45) is 0 Å². The summed E-state index contributed by atoms with van der Waals surface area (Å²) in [5, 5.41) is 22.7. The highest BCUT2D eigenvalue weighted by Crippen LogP contribution is 2.41. The number of anilines is 3. The molecule has 1 fully saturated rings. The van der Waals surface area contributed by atoms with Crippen molar-refractivity contribution in [1.29, 1.82) is 10.8 Å². The lowest BCUT2D eigenvalue weighted by Crippen LogP contribution is -2.37. The van der Waals surface area contributed by atoms with Crippen molar-refractivity contribution < 1.29 is 9.32 Å². The average molecular weight is 495 g/mol. The first-order chi connectivity index (χ1) is 15.3. The van der Waals surface area contributed by atoms with Gasteiger partial charge in [0.15, 0.2) is 11.4 Å². The average Bonchev–Trinajstić information content (AvgIpc) is 3.38. The first kappa shape index (κ1) is 22.2. The molecule has 1 amide bonds. The van der Waals surface area contributed by atoms with Gasteiger partial charge in [-0.15, -0.1) is 0 Å². The van der Waals surface area contributed by atoms with Crippen molar-refractivity contribution in [1.82, 2.24) is 10.5 Å². The second-order valence-electron chi connectivity index (χ2n) is 7.20. The SMILES string of the molecule is N=CN(C=N)c1ccc(C(=O)NC2CCN(c3cc(Cl)c(Cl)c4c(N)noc34)C2)c(Cl)c1. The fourth-order valence-electron chi connectivity index (χ4n) is 3.69. The second kappa shape index (κ2) is 8.85. The van der Waals surface area contributed by atoms with Crippen LogP contribution in [-0.2, 0) is 0 Å². The summed E-state index contributed by atoms with van der Waals surface area (Å²) >= 11 is 18.8. The van der Waals surface area contributed by atoms with Crippen LogP contribution < -0.4 is 20.9 Å². The van der Waals surface area contributed by atoms with Crippen LogP contribution in [0, 0.1) is 10.8 Å². The number of benzene rings is 2. The quantitative estimate of drug-likeness (QED) is 0.296. The number of fused-ring (bicyclic) bond motifs is 1. The third-order valence-corrected chi connectivity index (χ3v) is 6.38. The van der Waals surface area contributed by atoms with Crippen LogP contribution in [0.15, 0.2) is 28.8 Å². The first-order valence-electron chi connectivity index (χ1n) is 9.51. The van der Waals surface area contributed by atoms with E-state index in [-0.39, 0.29) is 27.8 Å². The smallest absolute Gasteiger partial charge is 0.253 e. The summed E-state index contributed by atoms with van der Waals surface area (Å²) in [7, 11) is 0. The zero-order chi connectivity index (χ0) is 23.0. The van der Waals surface area contributed by atoms with Gasteiger partial charge in [0.05, 0.1) is 44.4 Å². The second-order valence-corrected chi connectivity index (χ2v) is 8.39. The Morgan fingerprint density at radius 2 is 2.00 bits per heavy atom. The summed E-state index contributed by atoms with van der Waals surface area (Å²) in [6, 6.07) is 6.30. The molecule has 0 radical (unpaired) electrons. The number of hydrogen-bond donors (Lipinski definition) is 4. The zero-order valence-corrected chi connectivity index (χ0v) is 18.8. The largest absolute Gasteiger partial charge is 0.380 e. The molecule has 32 heavy (non-hydrogen) atoms. The fraction of sp³-hybridized carbons (Fsp3) is 0.200. The molecule has 1 saturated heterocycles. The van der Waals surface area contributed by atoms with Crippen molar-refractivity contribution in [2.45, 2.75) is 12.5 Å². The highest BCUT2D eigenvalue weighted by atomic mass is 35.5. The number of nitrogens with one attached hydrogen (secondary N) is 3. The Labute approximate surface area is 198 Å². The molecule has 166 valence electrons. The van der Waals surface area contributed by atoms with Gasteiger partial charge < -0.3 is 20.5 Å². The summed E-state index contributed by atoms with van der Waals surface area (Å²) in [4.78, 5) is 16.1. The van der Waals surface area contributed by atoms with Gasteiger partial charge in [-0.2, -0.15) is 0 Å². The highest BCUT2D eigenvalue weighted by Gasteiger charge is 2.29. The minimum Gasteiger partial charge on any atom is -0.380 e. The lowest BCUT2D eigenvalue weighted by molar-refractivity contribution is 0.0940. The monoisotopic (exact) mass is 493 g/mol. The van der Waals surface area contributed by atoms with Gasteiger partial charge >= 0.3 is 0 Å². The minimum absolute atomic E-state index is 0.136. The Kier molecular flexibility index (Phi) is 6.14. The fourth-order valence-corrected chi connectivity index (χ4v) is 4.38. The number of aromatic nitrogens is 1. The molecule has 1 aromatic heterocycles. The molecule has 5 N–H and O–H groups in total. The van der Waals surface area contributed by atoms with Gasteiger partial charge in [0.25, 0.3) is 5.91 Å². The Hall–Kier alpha value is -3.01. The lowest BCUT2D eigenvalue weighted by Gasteiger charge is -2.20. The molecule has 0 bridgehead atoms. The van der Waals surface area contributed by atoms with E-state index in [1.807, 2.05) is 4.90 Å². The van der Waals surface area contributed by atoms with E-state index in [0.29, 0.717) is 52.4 Å². The number of rotatable bonds is 6. The van der Waals surface area contributed by atoms with Crippen LogP contribution >= 0.6 is 34.8 Å². The van der Waals surface area contributed by atoms with Gasteiger partial charge in [0.2, 0.25) is 0 Å². The van der Waals surface area contributed by atoms with Crippen LogP contribution in [0.3, 0.4) is 0 Å². The Morgan fingerprint density at radius 1 is 1.25 bits per heavy atom. The van der Waals surface area contributed by atoms with Crippen LogP contribution in [0.2, 0.25) is 15.1 Å². The Balaban J connectivity index is 1.50. The Bertz CT molecular complexity index is 1220. The van der Waals surface area contributed by atoms with E-state index in [1.54, 1.807) is 18.2 Å². The van der Waals surface area contributed by atoms with Crippen LogP contribution in [-0.4, -0.2) is 42.9 Å². The molecule has 12 heteroatoms. The van der Waals surface area contributed by atoms with E-state index < -0.39 is 0 Å². The summed E-state index contributed by atoms with van der Waals surface area (Å²) in [5.74, 6) is -0.145. The summed E-state index contributed by atoms with van der Waals surface area (Å²) < 4.78 is 5.38. The van der Waals surface area contributed by atoms with E-state index in [4.69, 9.17) is 55.9 Å². The molecule has 3 aromatic rings. The third kappa shape index (κ3) is 3.94. The lowest BCUT2D eigenvalue weighted by atomic mass is 10.1. The molecule has 1 unspecified atom stereocenters. The van der Waals surface area contributed by atoms with Crippen molar-refractivity contribution in [3.63, 3.8) is 0 Å². The highest BCUT2D eigenvalue weighted by molar-refractivity contribution is 6.46. The molecule has 4 rings (SSSR count). The van der Waals surface area contributed by atoms with Gasteiger partial charge in [0, 0.05) is 24.8 Å². The van der Waals surface area contributed by atoms with Crippen molar-refractivity contribution in [3.05, 3.63) is 44.9 Å². The number of carbonyl (C=O) groups excluding carboxylic acids is 1. The van der Waals surface area contributed by atoms with E-state index >= 15 is 0 Å². The maximum absolute atomic E-state index is 12.8. The van der Waals surface area contributed by atoms with Crippen LogP contribution in [0.4, 0.5) is 17.2 Å². The topological polar surface area (TPSA) is 135 Å². The first-order valence-corrected chi connectivity index (χ1v) is 10.6. The molecule has 2 aromatic carbocycles. The summed E-state index contributed by atoms with van der Waals surface area (Å²) in [6.45, 7) is 1.17.